The molecule has 0 spiro atoms. The first-order valence-electron chi connectivity index (χ1n) is 9.70. The Morgan fingerprint density at radius 1 is 1.27 bits per heavy atom. The number of ether oxygens (including phenoxy) is 2. The van der Waals surface area contributed by atoms with E-state index in [1.54, 1.807) is 18.2 Å². The highest BCUT2D eigenvalue weighted by Crippen LogP contribution is 2.36. The first-order valence-corrected chi connectivity index (χ1v) is 9.70. The molecule has 2 aliphatic rings. The van der Waals surface area contributed by atoms with E-state index in [0.717, 1.165) is 11.6 Å². The SMILES string of the molecule is CC1CCc2cc(F)cc3c(O)c(C(=O)NCc4ccc5c(c4)OCO5)c(=O)n1c23. The molecule has 0 bridgehead atoms. The lowest BCUT2D eigenvalue weighted by Gasteiger charge is -2.26. The number of halogens is 1. The number of hydrogen-bond acceptors (Lipinski definition) is 5. The number of carbonyl (C=O) groups excluding carboxylic acids is 1. The third kappa shape index (κ3) is 2.79. The van der Waals surface area contributed by atoms with Crippen LogP contribution in [0.4, 0.5) is 4.39 Å². The minimum Gasteiger partial charge on any atom is -0.506 e. The fourth-order valence-corrected chi connectivity index (χ4v) is 4.21. The summed E-state index contributed by atoms with van der Waals surface area (Å²) < 4.78 is 26.2. The first-order chi connectivity index (χ1) is 14.4. The number of amides is 1. The predicted molar refractivity (Wildman–Crippen MR) is 107 cm³/mol. The van der Waals surface area contributed by atoms with Gasteiger partial charge >= 0.3 is 0 Å². The van der Waals surface area contributed by atoms with Crippen LogP contribution in [0.25, 0.3) is 10.9 Å². The topological polar surface area (TPSA) is 89.8 Å². The quantitative estimate of drug-likeness (QED) is 0.693. The van der Waals surface area contributed by atoms with Crippen LogP contribution < -0.4 is 20.3 Å². The number of carbonyl (C=O) groups is 1. The smallest absolute Gasteiger partial charge is 0.267 e. The molecule has 30 heavy (non-hydrogen) atoms. The maximum absolute atomic E-state index is 14.1. The molecule has 3 aromatic rings. The van der Waals surface area contributed by atoms with Gasteiger partial charge in [0.2, 0.25) is 6.79 Å². The van der Waals surface area contributed by atoms with Crippen molar-refractivity contribution in [2.24, 2.45) is 0 Å². The van der Waals surface area contributed by atoms with Gasteiger partial charge in [0.1, 0.15) is 17.1 Å². The number of pyridine rings is 1. The van der Waals surface area contributed by atoms with Crippen LogP contribution in [0, 0.1) is 5.82 Å². The van der Waals surface area contributed by atoms with Gasteiger partial charge in [0.05, 0.1) is 5.52 Å². The molecule has 3 heterocycles. The first kappa shape index (κ1) is 18.5. The van der Waals surface area contributed by atoms with E-state index in [9.17, 15) is 19.1 Å². The third-order valence-corrected chi connectivity index (χ3v) is 5.71. The second-order valence-corrected chi connectivity index (χ2v) is 7.62. The van der Waals surface area contributed by atoms with Crippen molar-refractivity contribution in [3.8, 4) is 17.2 Å². The zero-order valence-electron chi connectivity index (χ0n) is 16.2. The van der Waals surface area contributed by atoms with Gasteiger partial charge in [0, 0.05) is 18.0 Å². The van der Waals surface area contributed by atoms with E-state index in [0.29, 0.717) is 35.4 Å². The van der Waals surface area contributed by atoms with Crippen LogP contribution in [0.2, 0.25) is 0 Å². The Morgan fingerprint density at radius 3 is 2.90 bits per heavy atom. The molecule has 2 aliphatic heterocycles. The normalized spacial score (nSPS) is 16.7. The Morgan fingerprint density at radius 2 is 2.07 bits per heavy atom. The van der Waals surface area contributed by atoms with Gasteiger partial charge in [-0.1, -0.05) is 6.07 Å². The minimum absolute atomic E-state index is 0.121. The van der Waals surface area contributed by atoms with Crippen molar-refractivity contribution in [1.29, 1.82) is 0 Å². The fraction of sp³-hybridized carbons (Fsp3) is 0.273. The van der Waals surface area contributed by atoms with Gasteiger partial charge in [-0.2, -0.15) is 0 Å². The van der Waals surface area contributed by atoms with E-state index >= 15 is 0 Å². The molecule has 1 aromatic heterocycles. The zero-order valence-corrected chi connectivity index (χ0v) is 16.2. The number of aromatic nitrogens is 1. The van der Waals surface area contributed by atoms with Crippen LogP contribution in [0.5, 0.6) is 17.2 Å². The highest BCUT2D eigenvalue weighted by atomic mass is 19.1. The summed E-state index contributed by atoms with van der Waals surface area (Å²) in [4.78, 5) is 26.0. The number of nitrogens with zero attached hydrogens (tertiary/aromatic N) is 1. The summed E-state index contributed by atoms with van der Waals surface area (Å²) in [6.07, 6.45) is 1.25. The van der Waals surface area contributed by atoms with E-state index in [2.05, 4.69) is 5.32 Å². The molecule has 5 rings (SSSR count). The highest BCUT2D eigenvalue weighted by Gasteiger charge is 2.28. The van der Waals surface area contributed by atoms with Crippen LogP contribution in [-0.2, 0) is 13.0 Å². The molecule has 1 amide bonds. The zero-order chi connectivity index (χ0) is 21.0. The van der Waals surface area contributed by atoms with E-state index in [1.807, 2.05) is 6.92 Å². The predicted octanol–water partition coefficient (Wildman–Crippen LogP) is 3.01. The molecule has 0 fully saturated rings. The summed E-state index contributed by atoms with van der Waals surface area (Å²) in [6.45, 7) is 2.14. The van der Waals surface area contributed by atoms with Crippen molar-refractivity contribution in [1.82, 2.24) is 9.88 Å². The lowest BCUT2D eigenvalue weighted by Crippen LogP contribution is -2.36. The number of fused-ring (bicyclic) bond motifs is 1. The number of rotatable bonds is 3. The lowest BCUT2D eigenvalue weighted by molar-refractivity contribution is 0.0946. The maximum atomic E-state index is 14.1. The number of hydrogen-bond donors (Lipinski definition) is 2. The molecule has 1 atom stereocenters. The van der Waals surface area contributed by atoms with Crippen molar-refractivity contribution in [3.05, 3.63) is 63.2 Å². The molecule has 8 heteroatoms. The highest BCUT2D eigenvalue weighted by molar-refractivity contribution is 6.03. The largest absolute Gasteiger partial charge is 0.506 e. The van der Waals surface area contributed by atoms with Crippen LogP contribution >= 0.6 is 0 Å². The molecule has 0 saturated carbocycles. The Balaban J connectivity index is 1.54. The second-order valence-electron chi connectivity index (χ2n) is 7.62. The molecule has 2 aromatic carbocycles. The summed E-state index contributed by atoms with van der Waals surface area (Å²) in [5.74, 6) is -0.522. The molecular formula is C22H19FN2O5. The van der Waals surface area contributed by atoms with Crippen molar-refractivity contribution in [2.75, 3.05) is 6.79 Å². The van der Waals surface area contributed by atoms with Crippen LogP contribution in [0.3, 0.4) is 0 Å². The molecule has 154 valence electrons. The number of nitrogens with one attached hydrogen (secondary N) is 1. The van der Waals surface area contributed by atoms with Gasteiger partial charge in [-0.05, 0) is 55.2 Å². The summed E-state index contributed by atoms with van der Waals surface area (Å²) in [7, 11) is 0. The van der Waals surface area contributed by atoms with E-state index < -0.39 is 23.0 Å². The molecule has 2 N–H and O–H groups in total. The molecule has 0 radical (unpaired) electrons. The number of aryl methyl sites for hydroxylation is 1. The average molecular weight is 410 g/mol. The van der Waals surface area contributed by atoms with Crippen molar-refractivity contribution >= 4 is 16.8 Å². The average Bonchev–Trinajstić information content (AvgIpc) is 3.19. The second kappa shape index (κ2) is 6.76. The summed E-state index contributed by atoms with van der Waals surface area (Å²) in [6, 6.07) is 7.62. The third-order valence-electron chi connectivity index (χ3n) is 5.71. The summed E-state index contributed by atoms with van der Waals surface area (Å²) in [5.41, 5.74) is 0.931. The van der Waals surface area contributed by atoms with Crippen LogP contribution in [-0.4, -0.2) is 22.4 Å². The van der Waals surface area contributed by atoms with Gasteiger partial charge in [-0.25, -0.2) is 4.39 Å². The van der Waals surface area contributed by atoms with Crippen LogP contribution in [0.1, 0.15) is 40.9 Å². The molecule has 7 nitrogen and oxygen atoms in total. The Kier molecular flexibility index (Phi) is 4.16. The van der Waals surface area contributed by atoms with Gasteiger partial charge in [-0.3, -0.25) is 9.59 Å². The maximum Gasteiger partial charge on any atom is 0.267 e. The lowest BCUT2D eigenvalue weighted by atomic mass is 9.95. The van der Waals surface area contributed by atoms with Gasteiger partial charge in [0.25, 0.3) is 11.5 Å². The monoisotopic (exact) mass is 410 g/mol. The molecular weight excluding hydrogens is 391 g/mol. The van der Waals surface area contributed by atoms with Gasteiger partial charge in [0.15, 0.2) is 11.5 Å². The minimum atomic E-state index is -0.718. The summed E-state index contributed by atoms with van der Waals surface area (Å²) >= 11 is 0. The standard InChI is InChI=1S/C22H19FN2O5/c1-11-2-4-13-7-14(23)8-15-19(13)25(11)22(28)18(20(15)26)21(27)24-9-12-3-5-16-17(6-12)30-10-29-16/h3,5-8,11,26H,2,4,9-10H2,1H3,(H,24,27). The van der Waals surface area contributed by atoms with Crippen molar-refractivity contribution in [2.45, 2.75) is 32.4 Å². The Hall–Kier alpha value is -3.55. The van der Waals surface area contributed by atoms with E-state index in [-0.39, 0.29) is 30.3 Å². The molecule has 0 aliphatic carbocycles. The van der Waals surface area contributed by atoms with Crippen LogP contribution in [0.15, 0.2) is 35.1 Å². The summed E-state index contributed by atoms with van der Waals surface area (Å²) in [5, 5.41) is 13.6. The van der Waals surface area contributed by atoms with E-state index in [4.69, 9.17) is 9.47 Å². The molecule has 0 saturated heterocycles. The molecule has 1 unspecified atom stereocenters. The number of aromatic hydroxyl groups is 1. The number of benzene rings is 2. The van der Waals surface area contributed by atoms with Crippen molar-refractivity contribution in [3.63, 3.8) is 0 Å². The van der Waals surface area contributed by atoms with Gasteiger partial charge < -0.3 is 24.5 Å². The Bertz CT molecular complexity index is 1270. The van der Waals surface area contributed by atoms with Crippen molar-refractivity contribution < 1.29 is 23.8 Å². The Labute approximate surface area is 170 Å². The fourth-order valence-electron chi connectivity index (χ4n) is 4.21. The van der Waals surface area contributed by atoms with Gasteiger partial charge in [-0.15, -0.1) is 0 Å². The van der Waals surface area contributed by atoms with E-state index in [1.165, 1.54) is 10.6 Å².